The summed E-state index contributed by atoms with van der Waals surface area (Å²) in [6, 6.07) is 20.8. The quantitative estimate of drug-likeness (QED) is 0.383. The van der Waals surface area contributed by atoms with Crippen molar-refractivity contribution in [2.24, 2.45) is 0 Å². The van der Waals surface area contributed by atoms with Gasteiger partial charge in [-0.05, 0) is 98.7 Å². The molecule has 3 aromatic heterocycles. The zero-order valence-corrected chi connectivity index (χ0v) is 21.5. The van der Waals surface area contributed by atoms with Gasteiger partial charge in [0.25, 0.3) is 0 Å². The Morgan fingerprint density at radius 1 is 0.914 bits per heavy atom. The number of thiocarbonyl (C=S) groups is 1. The summed E-state index contributed by atoms with van der Waals surface area (Å²) in [6.45, 7) is 6.39. The third-order valence-electron chi connectivity index (χ3n) is 6.66. The lowest BCUT2D eigenvalue weighted by Crippen LogP contribution is -2.29. The highest BCUT2D eigenvalue weighted by atomic mass is 32.1. The Morgan fingerprint density at radius 2 is 1.69 bits per heavy atom. The van der Waals surface area contributed by atoms with E-state index in [1.165, 1.54) is 11.1 Å². The Kier molecular flexibility index (Phi) is 6.03. The summed E-state index contributed by atoms with van der Waals surface area (Å²) in [6.07, 6.45) is 3.70. The number of aromatic nitrogens is 3. The first kappa shape index (κ1) is 23.1. The summed E-state index contributed by atoms with van der Waals surface area (Å²) in [7, 11) is 4.09. The van der Waals surface area contributed by atoms with Crippen molar-refractivity contribution in [2.75, 3.05) is 23.9 Å². The van der Waals surface area contributed by atoms with Crippen molar-refractivity contribution in [3.63, 3.8) is 0 Å². The van der Waals surface area contributed by atoms with Gasteiger partial charge in [0.1, 0.15) is 5.82 Å². The van der Waals surface area contributed by atoms with Gasteiger partial charge in [-0.1, -0.05) is 6.07 Å². The van der Waals surface area contributed by atoms with E-state index in [1.807, 2.05) is 44.7 Å². The summed E-state index contributed by atoms with van der Waals surface area (Å²) in [5.74, 6) is 0.927. The van der Waals surface area contributed by atoms with E-state index in [9.17, 15) is 0 Å². The molecular weight excluding hydrogens is 452 g/mol. The number of pyridine rings is 2. The van der Waals surface area contributed by atoms with Gasteiger partial charge in [-0.2, -0.15) is 0 Å². The van der Waals surface area contributed by atoms with Gasteiger partial charge in [-0.15, -0.1) is 0 Å². The number of aryl methyl sites for hydroxylation is 2. The van der Waals surface area contributed by atoms with Crippen LogP contribution in [-0.2, 0) is 0 Å². The molecule has 178 valence electrons. The summed E-state index contributed by atoms with van der Waals surface area (Å²) in [5, 5.41) is 4.27. The van der Waals surface area contributed by atoms with Crippen LogP contribution in [0.2, 0.25) is 0 Å². The van der Waals surface area contributed by atoms with Gasteiger partial charge in [-0.25, -0.2) is 4.98 Å². The molecule has 0 amide bonds. The highest BCUT2D eigenvalue weighted by Gasteiger charge is 2.42. The maximum Gasteiger partial charge on any atom is 0.174 e. The molecule has 1 aliphatic rings. The molecule has 1 aliphatic heterocycles. The van der Waals surface area contributed by atoms with Crippen LogP contribution >= 0.6 is 12.2 Å². The Bertz CT molecular complexity index is 1360. The molecule has 1 saturated heterocycles. The standard InChI is InChI=1S/C28H30N6S/c1-18-13-15-30-25(16-18)33-19(2)17-23(20(33)3)27-26(24-8-6-7-14-29-24)31-28(35)34(27)22-11-9-21(10-12-22)32(4)5/h6-17,26-27H,1-5H3,(H,31,35)/t26-,27-/m0/s1. The normalized spacial score (nSPS) is 17.5. The van der Waals surface area contributed by atoms with Crippen molar-refractivity contribution < 1.29 is 0 Å². The van der Waals surface area contributed by atoms with E-state index >= 15 is 0 Å². The van der Waals surface area contributed by atoms with Crippen LogP contribution < -0.4 is 15.1 Å². The molecule has 0 spiro atoms. The number of nitrogens with zero attached hydrogens (tertiary/aromatic N) is 5. The third kappa shape index (κ3) is 4.17. The van der Waals surface area contributed by atoms with E-state index in [2.05, 4.69) is 87.9 Å². The second-order valence-electron chi connectivity index (χ2n) is 9.26. The van der Waals surface area contributed by atoms with Crippen LogP contribution in [0.25, 0.3) is 5.82 Å². The van der Waals surface area contributed by atoms with E-state index < -0.39 is 0 Å². The van der Waals surface area contributed by atoms with Gasteiger partial charge in [0, 0.05) is 49.3 Å². The van der Waals surface area contributed by atoms with Crippen molar-refractivity contribution in [3.8, 4) is 5.82 Å². The minimum absolute atomic E-state index is 0.0626. The monoisotopic (exact) mass is 482 g/mol. The molecule has 0 radical (unpaired) electrons. The summed E-state index contributed by atoms with van der Waals surface area (Å²) in [4.78, 5) is 13.7. The minimum atomic E-state index is -0.0864. The summed E-state index contributed by atoms with van der Waals surface area (Å²) >= 11 is 5.91. The van der Waals surface area contributed by atoms with Gasteiger partial charge in [0.15, 0.2) is 5.11 Å². The fraction of sp³-hybridized carbons (Fsp3) is 0.250. The molecule has 0 unspecified atom stereocenters. The van der Waals surface area contributed by atoms with E-state index in [0.29, 0.717) is 5.11 Å². The smallest absolute Gasteiger partial charge is 0.174 e. The molecule has 0 bridgehead atoms. The first-order valence-electron chi connectivity index (χ1n) is 11.7. The number of hydrogen-bond acceptors (Lipinski definition) is 4. The molecule has 35 heavy (non-hydrogen) atoms. The molecule has 1 aromatic carbocycles. The minimum Gasteiger partial charge on any atom is -0.378 e. The van der Waals surface area contributed by atoms with Crippen molar-refractivity contribution in [1.82, 2.24) is 19.9 Å². The van der Waals surface area contributed by atoms with Crippen LogP contribution in [-0.4, -0.2) is 33.7 Å². The number of nitrogens with one attached hydrogen (secondary N) is 1. The van der Waals surface area contributed by atoms with E-state index in [-0.39, 0.29) is 12.1 Å². The average Bonchev–Trinajstić information content (AvgIpc) is 3.34. The number of benzene rings is 1. The lowest BCUT2D eigenvalue weighted by molar-refractivity contribution is 0.565. The van der Waals surface area contributed by atoms with Crippen LogP contribution in [0.15, 0.2) is 73.1 Å². The topological polar surface area (TPSA) is 49.2 Å². The molecule has 1 fully saturated rings. The SMILES string of the molecule is Cc1ccnc(-n2c(C)cc([C@H]3[C@H](c4ccccn4)NC(=S)N3c3ccc(N(C)C)cc3)c2C)c1. The molecule has 0 aliphatic carbocycles. The zero-order valence-electron chi connectivity index (χ0n) is 20.7. The fourth-order valence-electron chi connectivity index (χ4n) is 4.94. The van der Waals surface area contributed by atoms with Crippen LogP contribution in [0.4, 0.5) is 11.4 Å². The summed E-state index contributed by atoms with van der Waals surface area (Å²) in [5.41, 5.74) is 7.82. The molecule has 4 aromatic rings. The number of hydrogen-bond donors (Lipinski definition) is 1. The van der Waals surface area contributed by atoms with E-state index in [0.717, 1.165) is 34.3 Å². The van der Waals surface area contributed by atoms with Crippen molar-refractivity contribution in [2.45, 2.75) is 32.9 Å². The second kappa shape index (κ2) is 9.15. The molecule has 6 nitrogen and oxygen atoms in total. The van der Waals surface area contributed by atoms with Crippen LogP contribution in [0.3, 0.4) is 0 Å². The van der Waals surface area contributed by atoms with E-state index in [4.69, 9.17) is 17.2 Å². The number of anilines is 2. The second-order valence-corrected chi connectivity index (χ2v) is 9.65. The summed E-state index contributed by atoms with van der Waals surface area (Å²) < 4.78 is 2.23. The highest BCUT2D eigenvalue weighted by Crippen LogP contribution is 2.43. The molecule has 0 saturated carbocycles. The maximum absolute atomic E-state index is 5.91. The van der Waals surface area contributed by atoms with Crippen molar-refractivity contribution in [3.05, 3.63) is 101 Å². The lowest BCUT2D eigenvalue weighted by atomic mass is 9.96. The Hall–Kier alpha value is -3.71. The predicted molar refractivity (Wildman–Crippen MR) is 146 cm³/mol. The molecule has 1 N–H and O–H groups in total. The highest BCUT2D eigenvalue weighted by molar-refractivity contribution is 7.80. The van der Waals surface area contributed by atoms with Gasteiger partial charge >= 0.3 is 0 Å². The third-order valence-corrected chi connectivity index (χ3v) is 6.98. The molecule has 4 heterocycles. The van der Waals surface area contributed by atoms with E-state index in [1.54, 1.807) is 0 Å². The van der Waals surface area contributed by atoms with Crippen LogP contribution in [0.1, 0.15) is 40.3 Å². The average molecular weight is 483 g/mol. The first-order valence-corrected chi connectivity index (χ1v) is 12.2. The van der Waals surface area contributed by atoms with Crippen molar-refractivity contribution in [1.29, 1.82) is 0 Å². The molecule has 7 heteroatoms. The lowest BCUT2D eigenvalue weighted by Gasteiger charge is -2.28. The van der Waals surface area contributed by atoms with Crippen molar-refractivity contribution >= 4 is 28.7 Å². The van der Waals surface area contributed by atoms with Crippen LogP contribution in [0, 0.1) is 20.8 Å². The Morgan fingerprint density at radius 3 is 2.34 bits per heavy atom. The van der Waals surface area contributed by atoms with Crippen LogP contribution in [0.5, 0.6) is 0 Å². The Balaban J connectivity index is 1.66. The molecule has 5 rings (SSSR count). The first-order chi connectivity index (χ1) is 16.8. The zero-order chi connectivity index (χ0) is 24.7. The largest absolute Gasteiger partial charge is 0.378 e. The van der Waals surface area contributed by atoms with Gasteiger partial charge < -0.3 is 19.7 Å². The molecule has 2 atom stereocenters. The number of rotatable bonds is 5. The van der Waals surface area contributed by atoms with Gasteiger partial charge in [-0.3, -0.25) is 4.98 Å². The predicted octanol–water partition coefficient (Wildman–Crippen LogP) is 5.44. The molecular formula is C28H30N6S. The maximum atomic E-state index is 5.91. The fourth-order valence-corrected chi connectivity index (χ4v) is 5.29. The Labute approximate surface area is 212 Å². The van der Waals surface area contributed by atoms with Gasteiger partial charge in [0.2, 0.25) is 0 Å². The van der Waals surface area contributed by atoms with Gasteiger partial charge in [0.05, 0.1) is 17.8 Å².